The monoisotopic (exact) mass is 291 g/mol. The quantitative estimate of drug-likeness (QED) is 0.851. The van der Waals surface area contributed by atoms with Gasteiger partial charge < -0.3 is 10.1 Å². The lowest BCUT2D eigenvalue weighted by Crippen LogP contribution is -2.38. The van der Waals surface area contributed by atoms with Gasteiger partial charge in [0.1, 0.15) is 11.9 Å². The van der Waals surface area contributed by atoms with Gasteiger partial charge in [-0.2, -0.15) is 0 Å². The molecule has 1 aliphatic rings. The molecule has 0 radical (unpaired) electrons. The van der Waals surface area contributed by atoms with E-state index in [4.69, 9.17) is 4.74 Å². The molecule has 1 aliphatic heterocycles. The van der Waals surface area contributed by atoms with Gasteiger partial charge in [-0.3, -0.25) is 4.79 Å². The van der Waals surface area contributed by atoms with E-state index in [1.54, 1.807) is 13.0 Å². The number of benzene rings is 1. The van der Waals surface area contributed by atoms with E-state index >= 15 is 0 Å². The Morgan fingerprint density at radius 3 is 2.71 bits per heavy atom. The summed E-state index contributed by atoms with van der Waals surface area (Å²) in [6.07, 6.45) is 1.57. The summed E-state index contributed by atoms with van der Waals surface area (Å²) in [6.45, 7) is 8.42. The lowest BCUT2D eigenvalue weighted by molar-refractivity contribution is -0.155. The van der Waals surface area contributed by atoms with Crippen molar-refractivity contribution in [3.8, 4) is 0 Å². The zero-order chi connectivity index (χ0) is 15.6. The highest BCUT2D eigenvalue weighted by molar-refractivity contribution is 5.79. The summed E-state index contributed by atoms with van der Waals surface area (Å²) in [5, 5.41) is 3.17. The second kappa shape index (κ2) is 5.98. The molecule has 2 rings (SSSR count). The van der Waals surface area contributed by atoms with Crippen LogP contribution in [0.4, 0.5) is 4.39 Å². The van der Waals surface area contributed by atoms with Gasteiger partial charge in [-0.1, -0.05) is 18.2 Å². The molecule has 1 aromatic rings. The lowest BCUT2D eigenvalue weighted by Gasteiger charge is -2.28. The molecule has 0 aliphatic carbocycles. The number of ether oxygens (including phenoxy) is 1. The van der Waals surface area contributed by atoms with Crippen molar-refractivity contribution in [3.63, 3.8) is 0 Å². The van der Waals surface area contributed by atoms with Crippen molar-refractivity contribution < 1.29 is 13.9 Å². The fourth-order valence-electron chi connectivity index (χ4n) is 2.13. The predicted octanol–water partition coefficient (Wildman–Crippen LogP) is 3.08. The zero-order valence-electron chi connectivity index (χ0n) is 13.0. The molecular formula is C17H22FNO2. The van der Waals surface area contributed by atoms with E-state index in [0.717, 1.165) is 11.1 Å². The highest BCUT2D eigenvalue weighted by Crippen LogP contribution is 2.26. The minimum atomic E-state index is -0.554. The third-order valence-electron chi connectivity index (χ3n) is 3.51. The Labute approximate surface area is 125 Å². The Bertz CT molecular complexity index is 573. The summed E-state index contributed by atoms with van der Waals surface area (Å²) >= 11 is 0. The van der Waals surface area contributed by atoms with Crippen molar-refractivity contribution in [2.75, 3.05) is 13.1 Å². The van der Waals surface area contributed by atoms with Gasteiger partial charge in [0.2, 0.25) is 0 Å². The zero-order valence-corrected chi connectivity index (χ0v) is 13.0. The van der Waals surface area contributed by atoms with Crippen molar-refractivity contribution in [3.05, 3.63) is 41.2 Å². The number of esters is 1. The number of nitrogens with one attached hydrogen (secondary N) is 1. The summed E-state index contributed by atoms with van der Waals surface area (Å²) in [6, 6.07) is 5.12. The Balaban J connectivity index is 2.25. The van der Waals surface area contributed by atoms with Crippen LogP contribution < -0.4 is 5.32 Å². The highest BCUT2D eigenvalue weighted by atomic mass is 19.1. The topological polar surface area (TPSA) is 38.3 Å². The summed E-state index contributed by atoms with van der Waals surface area (Å²) in [5.74, 6) is -0.498. The van der Waals surface area contributed by atoms with E-state index in [2.05, 4.69) is 5.32 Å². The Morgan fingerprint density at radius 2 is 2.10 bits per heavy atom. The third-order valence-corrected chi connectivity index (χ3v) is 3.51. The van der Waals surface area contributed by atoms with Gasteiger partial charge in [-0.05, 0) is 50.5 Å². The molecule has 21 heavy (non-hydrogen) atoms. The molecule has 1 unspecified atom stereocenters. The van der Waals surface area contributed by atoms with E-state index in [-0.39, 0.29) is 17.9 Å². The van der Waals surface area contributed by atoms with Crippen LogP contribution in [-0.2, 0) is 9.53 Å². The molecular weight excluding hydrogens is 269 g/mol. The van der Waals surface area contributed by atoms with Crippen LogP contribution in [0.5, 0.6) is 0 Å². The number of carbonyl (C=O) groups excluding carboxylic acids is 1. The maximum Gasteiger partial charge on any atom is 0.311 e. The molecule has 1 atom stereocenters. The molecule has 1 heterocycles. The molecule has 0 aromatic heterocycles. The van der Waals surface area contributed by atoms with Gasteiger partial charge in [-0.15, -0.1) is 0 Å². The van der Waals surface area contributed by atoms with E-state index in [1.165, 1.54) is 6.07 Å². The number of hydrogen-bond acceptors (Lipinski definition) is 3. The fourth-order valence-corrected chi connectivity index (χ4v) is 2.13. The number of aryl methyl sites for hydroxylation is 1. The molecule has 1 N–H and O–H groups in total. The standard InChI is InChI=1S/C17H22FNO2/c1-11-5-6-12(9-14(11)18)13-7-8-19-10-15(13)21-16(20)17(2,3)4/h5-7,9,15,19H,8,10H2,1-4H3. The van der Waals surface area contributed by atoms with E-state index in [0.29, 0.717) is 18.7 Å². The minimum absolute atomic E-state index is 0.243. The molecule has 0 fully saturated rings. The Morgan fingerprint density at radius 1 is 1.38 bits per heavy atom. The number of carbonyl (C=O) groups is 1. The van der Waals surface area contributed by atoms with Gasteiger partial charge >= 0.3 is 5.97 Å². The molecule has 114 valence electrons. The maximum absolute atomic E-state index is 13.8. The van der Waals surface area contributed by atoms with Gasteiger partial charge in [-0.25, -0.2) is 4.39 Å². The van der Waals surface area contributed by atoms with Gasteiger partial charge in [0.05, 0.1) is 5.41 Å². The normalized spacial score (nSPS) is 19.1. The molecule has 0 spiro atoms. The summed E-state index contributed by atoms with van der Waals surface area (Å²) in [5.41, 5.74) is 1.69. The van der Waals surface area contributed by atoms with Crippen LogP contribution in [0.3, 0.4) is 0 Å². The first kappa shape index (κ1) is 15.7. The first-order valence-electron chi connectivity index (χ1n) is 7.17. The van der Waals surface area contributed by atoms with Crippen LogP contribution in [0.15, 0.2) is 24.3 Å². The van der Waals surface area contributed by atoms with Gasteiger partial charge in [0, 0.05) is 13.1 Å². The summed E-state index contributed by atoms with van der Waals surface area (Å²) < 4.78 is 19.4. The van der Waals surface area contributed by atoms with Crippen LogP contribution in [0, 0.1) is 18.2 Å². The second-order valence-corrected chi connectivity index (χ2v) is 6.43. The van der Waals surface area contributed by atoms with Crippen molar-refractivity contribution in [2.24, 2.45) is 5.41 Å². The Hall–Kier alpha value is -1.68. The van der Waals surface area contributed by atoms with Crippen molar-refractivity contribution in [2.45, 2.75) is 33.8 Å². The average molecular weight is 291 g/mol. The van der Waals surface area contributed by atoms with Crippen LogP contribution in [0.2, 0.25) is 0 Å². The number of halogens is 1. The second-order valence-electron chi connectivity index (χ2n) is 6.43. The van der Waals surface area contributed by atoms with E-state index in [1.807, 2.05) is 32.9 Å². The molecule has 1 aromatic carbocycles. The predicted molar refractivity (Wildman–Crippen MR) is 81.3 cm³/mol. The van der Waals surface area contributed by atoms with Gasteiger partial charge in [0.15, 0.2) is 0 Å². The van der Waals surface area contributed by atoms with E-state index < -0.39 is 5.41 Å². The third kappa shape index (κ3) is 3.70. The average Bonchev–Trinajstić information content (AvgIpc) is 2.41. The summed E-state index contributed by atoms with van der Waals surface area (Å²) in [7, 11) is 0. The number of rotatable bonds is 2. The Kier molecular flexibility index (Phi) is 4.47. The first-order valence-corrected chi connectivity index (χ1v) is 7.17. The van der Waals surface area contributed by atoms with Crippen molar-refractivity contribution in [1.29, 1.82) is 0 Å². The van der Waals surface area contributed by atoms with Crippen LogP contribution in [-0.4, -0.2) is 25.2 Å². The smallest absolute Gasteiger partial charge is 0.311 e. The largest absolute Gasteiger partial charge is 0.456 e. The molecule has 0 saturated heterocycles. The van der Waals surface area contributed by atoms with Crippen LogP contribution in [0.1, 0.15) is 31.9 Å². The lowest BCUT2D eigenvalue weighted by atomic mass is 9.94. The van der Waals surface area contributed by atoms with Crippen molar-refractivity contribution in [1.82, 2.24) is 5.32 Å². The highest BCUT2D eigenvalue weighted by Gasteiger charge is 2.29. The fraction of sp³-hybridized carbons (Fsp3) is 0.471. The molecule has 3 nitrogen and oxygen atoms in total. The van der Waals surface area contributed by atoms with Crippen LogP contribution in [0.25, 0.3) is 5.57 Å². The maximum atomic E-state index is 13.8. The summed E-state index contributed by atoms with van der Waals surface area (Å²) in [4.78, 5) is 12.1. The van der Waals surface area contributed by atoms with E-state index in [9.17, 15) is 9.18 Å². The van der Waals surface area contributed by atoms with Crippen molar-refractivity contribution >= 4 is 11.5 Å². The SMILES string of the molecule is Cc1ccc(C2=CCNCC2OC(=O)C(C)(C)C)cc1F. The van der Waals surface area contributed by atoms with Crippen LogP contribution >= 0.6 is 0 Å². The number of hydrogen-bond donors (Lipinski definition) is 1. The first-order chi connectivity index (χ1) is 9.79. The molecule has 4 heteroatoms. The molecule has 0 bridgehead atoms. The molecule has 0 amide bonds. The minimum Gasteiger partial charge on any atom is -0.456 e. The van der Waals surface area contributed by atoms with Gasteiger partial charge in [0.25, 0.3) is 0 Å². The molecule has 0 saturated carbocycles.